The Balaban J connectivity index is 1.95. The molecule has 0 radical (unpaired) electrons. The fourth-order valence-electron chi connectivity index (χ4n) is 2.47. The predicted octanol–water partition coefficient (Wildman–Crippen LogP) is 2.09. The molecule has 0 aliphatic rings. The van der Waals surface area contributed by atoms with Crippen molar-refractivity contribution in [2.45, 2.75) is 25.9 Å². The van der Waals surface area contributed by atoms with Crippen LogP contribution < -0.4 is 5.73 Å². The highest BCUT2D eigenvalue weighted by atomic mass is 15.3. The topological polar surface area (TPSA) is 69.6 Å². The first-order valence-electron chi connectivity index (χ1n) is 6.75. The third kappa shape index (κ3) is 2.28. The van der Waals surface area contributed by atoms with Gasteiger partial charge in [0.05, 0.1) is 5.52 Å². The molecule has 0 aliphatic carbocycles. The Morgan fingerprint density at radius 3 is 2.95 bits per heavy atom. The summed E-state index contributed by atoms with van der Waals surface area (Å²) >= 11 is 0. The van der Waals surface area contributed by atoms with Gasteiger partial charge in [0.15, 0.2) is 0 Å². The summed E-state index contributed by atoms with van der Waals surface area (Å²) in [5.41, 5.74) is 8.44. The molecular weight excluding hydrogens is 250 g/mol. The number of hydrogen-bond donors (Lipinski definition) is 1. The molecule has 0 spiro atoms. The van der Waals surface area contributed by atoms with E-state index in [9.17, 15) is 0 Å². The van der Waals surface area contributed by atoms with Gasteiger partial charge < -0.3 is 5.73 Å². The van der Waals surface area contributed by atoms with Gasteiger partial charge >= 0.3 is 0 Å². The smallest absolute Gasteiger partial charge is 0.138 e. The van der Waals surface area contributed by atoms with Gasteiger partial charge in [-0.1, -0.05) is 18.2 Å². The lowest BCUT2D eigenvalue weighted by molar-refractivity contribution is 0.582. The van der Waals surface area contributed by atoms with Gasteiger partial charge in [-0.25, -0.2) is 4.98 Å². The summed E-state index contributed by atoms with van der Waals surface area (Å²) in [6.45, 7) is 2.85. The van der Waals surface area contributed by atoms with Crippen LogP contribution in [0.15, 0.2) is 42.9 Å². The van der Waals surface area contributed by atoms with E-state index in [-0.39, 0.29) is 6.04 Å². The van der Waals surface area contributed by atoms with Crippen LogP contribution in [-0.4, -0.2) is 19.7 Å². The summed E-state index contributed by atoms with van der Waals surface area (Å²) in [6.07, 6.45) is 4.05. The molecule has 3 rings (SSSR count). The van der Waals surface area contributed by atoms with Crippen LogP contribution in [0.25, 0.3) is 10.9 Å². The normalized spacial score (nSPS) is 12.7. The molecule has 5 nitrogen and oxygen atoms in total. The standard InChI is InChI=1S/C15H17N5/c1-2-20-15(18-10-19-20)9-13(16)11-5-3-7-14-12(11)6-4-8-17-14/h3-8,10,13H,2,9,16H2,1H3. The number of fused-ring (bicyclic) bond motifs is 1. The van der Waals surface area contributed by atoms with E-state index >= 15 is 0 Å². The van der Waals surface area contributed by atoms with E-state index in [1.54, 1.807) is 12.5 Å². The van der Waals surface area contributed by atoms with Gasteiger partial charge in [0.2, 0.25) is 0 Å². The first kappa shape index (κ1) is 12.7. The molecule has 0 fully saturated rings. The van der Waals surface area contributed by atoms with Crippen LogP contribution in [0.2, 0.25) is 0 Å². The molecule has 2 heterocycles. The maximum absolute atomic E-state index is 6.37. The zero-order valence-corrected chi connectivity index (χ0v) is 11.4. The van der Waals surface area contributed by atoms with Gasteiger partial charge in [-0.3, -0.25) is 9.67 Å². The number of rotatable bonds is 4. The zero-order valence-electron chi connectivity index (χ0n) is 11.4. The quantitative estimate of drug-likeness (QED) is 0.785. The zero-order chi connectivity index (χ0) is 13.9. The second-order valence-electron chi connectivity index (χ2n) is 4.72. The van der Waals surface area contributed by atoms with Gasteiger partial charge in [-0.15, -0.1) is 0 Å². The molecule has 0 aliphatic heterocycles. The predicted molar refractivity (Wildman–Crippen MR) is 78.1 cm³/mol. The minimum atomic E-state index is -0.114. The lowest BCUT2D eigenvalue weighted by Crippen LogP contribution is -2.17. The van der Waals surface area contributed by atoms with E-state index in [0.29, 0.717) is 6.42 Å². The molecular formula is C15H17N5. The Morgan fingerprint density at radius 2 is 2.10 bits per heavy atom. The van der Waals surface area contributed by atoms with Crippen LogP contribution in [0.4, 0.5) is 0 Å². The average molecular weight is 267 g/mol. The maximum atomic E-state index is 6.37. The van der Waals surface area contributed by atoms with E-state index in [2.05, 4.69) is 27.2 Å². The molecule has 1 unspecified atom stereocenters. The van der Waals surface area contributed by atoms with Crippen molar-refractivity contribution in [3.63, 3.8) is 0 Å². The summed E-state index contributed by atoms with van der Waals surface area (Å²) in [5.74, 6) is 0.917. The Morgan fingerprint density at radius 1 is 1.20 bits per heavy atom. The average Bonchev–Trinajstić information content (AvgIpc) is 2.93. The molecule has 1 aromatic carbocycles. The van der Waals surface area contributed by atoms with Crippen LogP contribution in [0, 0.1) is 0 Å². The van der Waals surface area contributed by atoms with E-state index in [4.69, 9.17) is 5.73 Å². The molecule has 1 atom stereocenters. The first-order chi connectivity index (χ1) is 9.79. The molecule has 0 saturated carbocycles. The number of aryl methyl sites for hydroxylation is 1. The fraction of sp³-hybridized carbons (Fsp3) is 0.267. The van der Waals surface area contributed by atoms with Crippen molar-refractivity contribution in [1.29, 1.82) is 0 Å². The number of pyridine rings is 1. The minimum Gasteiger partial charge on any atom is -0.324 e. The van der Waals surface area contributed by atoms with Crippen LogP contribution in [0.1, 0.15) is 24.4 Å². The summed E-state index contributed by atoms with van der Waals surface area (Å²) in [6, 6.07) is 9.93. The van der Waals surface area contributed by atoms with Crippen molar-refractivity contribution in [1.82, 2.24) is 19.7 Å². The SMILES string of the molecule is CCn1ncnc1CC(N)c1cccc2ncccc12. The van der Waals surface area contributed by atoms with Gasteiger partial charge in [-0.05, 0) is 24.6 Å². The number of hydrogen-bond acceptors (Lipinski definition) is 4. The highest BCUT2D eigenvalue weighted by molar-refractivity contribution is 5.82. The third-order valence-corrected chi connectivity index (χ3v) is 3.48. The Labute approximate surface area is 117 Å². The minimum absolute atomic E-state index is 0.114. The maximum Gasteiger partial charge on any atom is 0.138 e. The second kappa shape index (κ2) is 5.38. The van der Waals surface area contributed by atoms with E-state index in [1.165, 1.54) is 0 Å². The van der Waals surface area contributed by atoms with Crippen LogP contribution in [0.3, 0.4) is 0 Å². The summed E-state index contributed by atoms with van der Waals surface area (Å²) in [7, 11) is 0. The summed E-state index contributed by atoms with van der Waals surface area (Å²) in [5, 5.41) is 5.28. The van der Waals surface area contributed by atoms with Crippen molar-refractivity contribution in [2.75, 3.05) is 0 Å². The second-order valence-corrected chi connectivity index (χ2v) is 4.72. The van der Waals surface area contributed by atoms with Crippen molar-refractivity contribution in [3.8, 4) is 0 Å². The van der Waals surface area contributed by atoms with Crippen molar-refractivity contribution >= 4 is 10.9 Å². The first-order valence-corrected chi connectivity index (χ1v) is 6.75. The molecule has 102 valence electrons. The molecule has 0 amide bonds. The molecule has 2 aromatic heterocycles. The molecule has 20 heavy (non-hydrogen) atoms. The molecule has 3 aromatic rings. The Hall–Kier alpha value is -2.27. The van der Waals surface area contributed by atoms with E-state index in [1.807, 2.05) is 29.8 Å². The summed E-state index contributed by atoms with van der Waals surface area (Å²) < 4.78 is 1.88. The largest absolute Gasteiger partial charge is 0.324 e. The Bertz CT molecular complexity index is 714. The van der Waals surface area contributed by atoms with Gasteiger partial charge in [0.1, 0.15) is 12.2 Å². The van der Waals surface area contributed by atoms with Crippen molar-refractivity contribution in [2.24, 2.45) is 5.73 Å². The number of benzene rings is 1. The lowest BCUT2D eigenvalue weighted by atomic mass is 9.99. The van der Waals surface area contributed by atoms with Gasteiger partial charge in [-0.2, -0.15) is 5.10 Å². The lowest BCUT2D eigenvalue weighted by Gasteiger charge is -2.14. The number of nitrogens with zero attached hydrogens (tertiary/aromatic N) is 4. The highest BCUT2D eigenvalue weighted by Crippen LogP contribution is 2.23. The van der Waals surface area contributed by atoms with Crippen LogP contribution in [0.5, 0.6) is 0 Å². The third-order valence-electron chi connectivity index (χ3n) is 3.48. The Kier molecular flexibility index (Phi) is 3.43. The van der Waals surface area contributed by atoms with Crippen LogP contribution in [-0.2, 0) is 13.0 Å². The summed E-state index contributed by atoms with van der Waals surface area (Å²) in [4.78, 5) is 8.66. The van der Waals surface area contributed by atoms with Crippen LogP contribution >= 0.6 is 0 Å². The number of aromatic nitrogens is 4. The molecule has 2 N–H and O–H groups in total. The molecule has 0 saturated heterocycles. The van der Waals surface area contributed by atoms with Gasteiger partial charge in [0, 0.05) is 30.6 Å². The van der Waals surface area contributed by atoms with Gasteiger partial charge in [0.25, 0.3) is 0 Å². The highest BCUT2D eigenvalue weighted by Gasteiger charge is 2.14. The monoisotopic (exact) mass is 267 g/mol. The van der Waals surface area contributed by atoms with E-state index < -0.39 is 0 Å². The van der Waals surface area contributed by atoms with Crippen molar-refractivity contribution in [3.05, 3.63) is 54.2 Å². The molecule has 5 heteroatoms. The fourth-order valence-corrected chi connectivity index (χ4v) is 2.47. The van der Waals surface area contributed by atoms with E-state index in [0.717, 1.165) is 28.8 Å². The number of nitrogens with two attached hydrogens (primary N) is 1. The van der Waals surface area contributed by atoms with Crippen molar-refractivity contribution < 1.29 is 0 Å². The molecule has 0 bridgehead atoms.